The van der Waals surface area contributed by atoms with Crippen LogP contribution in [-0.4, -0.2) is 55.2 Å². The molecular formula is C9H12ClN3O3S2. The van der Waals surface area contributed by atoms with Gasteiger partial charge in [-0.15, -0.1) is 0 Å². The molecule has 100 valence electrons. The van der Waals surface area contributed by atoms with E-state index in [1.165, 1.54) is 9.21 Å². The second kappa shape index (κ2) is 4.76. The number of piperazine rings is 1. The molecule has 0 radical (unpaired) electrons. The first-order valence-corrected chi connectivity index (χ1v) is 7.83. The maximum atomic E-state index is 12.3. The first-order valence-electron chi connectivity index (χ1n) is 5.19. The minimum atomic E-state index is -3.67. The van der Waals surface area contributed by atoms with Crippen LogP contribution in [0.5, 0.6) is 0 Å². The van der Waals surface area contributed by atoms with Crippen LogP contribution in [0.4, 0.5) is 0 Å². The number of sulfonamides is 1. The van der Waals surface area contributed by atoms with Crippen molar-refractivity contribution in [2.24, 2.45) is 0 Å². The molecule has 0 saturated carbocycles. The maximum Gasteiger partial charge on any atom is 0.255 e. The summed E-state index contributed by atoms with van der Waals surface area (Å²) in [6.45, 7) is 2.14. The summed E-state index contributed by atoms with van der Waals surface area (Å²) < 4.78 is 26.2. The van der Waals surface area contributed by atoms with Gasteiger partial charge in [0.25, 0.3) is 10.0 Å². The van der Waals surface area contributed by atoms with Crippen molar-refractivity contribution < 1.29 is 13.2 Å². The van der Waals surface area contributed by atoms with Gasteiger partial charge in [-0.3, -0.25) is 4.79 Å². The summed E-state index contributed by atoms with van der Waals surface area (Å²) in [4.78, 5) is 17.0. The Kier molecular flexibility index (Phi) is 3.63. The van der Waals surface area contributed by atoms with E-state index in [0.717, 1.165) is 11.3 Å². The molecule has 0 spiro atoms. The Hall–Kier alpha value is -0.700. The highest BCUT2D eigenvalue weighted by Crippen LogP contribution is 2.29. The largest absolute Gasteiger partial charge is 0.343 e. The van der Waals surface area contributed by atoms with Crippen molar-refractivity contribution >= 4 is 38.9 Å². The highest BCUT2D eigenvalue weighted by Gasteiger charge is 2.34. The van der Waals surface area contributed by atoms with Gasteiger partial charge >= 0.3 is 0 Å². The molecule has 1 aliphatic heterocycles. The summed E-state index contributed by atoms with van der Waals surface area (Å²) in [5, 5.41) is 0. The van der Waals surface area contributed by atoms with Crippen LogP contribution in [0.2, 0.25) is 4.47 Å². The van der Waals surface area contributed by atoms with Crippen LogP contribution in [0.1, 0.15) is 5.69 Å². The molecule has 1 aromatic rings. The minimum absolute atomic E-state index is 0.116. The van der Waals surface area contributed by atoms with Gasteiger partial charge in [0.15, 0.2) is 8.68 Å². The number of rotatable bonds is 2. The molecule has 2 rings (SSSR count). The van der Waals surface area contributed by atoms with Gasteiger partial charge in [0.1, 0.15) is 0 Å². The Morgan fingerprint density at radius 3 is 2.56 bits per heavy atom. The van der Waals surface area contributed by atoms with Gasteiger partial charge in [0.05, 0.1) is 12.2 Å². The molecule has 0 N–H and O–H groups in total. The van der Waals surface area contributed by atoms with Crippen molar-refractivity contribution in [1.82, 2.24) is 14.2 Å². The van der Waals surface area contributed by atoms with Gasteiger partial charge in [-0.1, -0.05) is 22.9 Å². The Bertz CT molecular complexity index is 584. The lowest BCUT2D eigenvalue weighted by Crippen LogP contribution is -2.50. The average Bonchev–Trinajstić information content (AvgIpc) is 2.62. The van der Waals surface area contributed by atoms with E-state index in [4.69, 9.17) is 11.6 Å². The Labute approximate surface area is 114 Å². The summed E-state index contributed by atoms with van der Waals surface area (Å²) in [5.41, 5.74) is 0.372. The van der Waals surface area contributed by atoms with Crippen LogP contribution in [0.25, 0.3) is 0 Å². The first-order chi connectivity index (χ1) is 8.32. The SMILES string of the molecule is Cc1nc(Cl)sc1S(=O)(=O)N1CCN(C)C(=O)C1. The van der Waals surface area contributed by atoms with E-state index >= 15 is 0 Å². The van der Waals surface area contributed by atoms with Crippen LogP contribution in [0, 0.1) is 6.92 Å². The number of hydrogen-bond donors (Lipinski definition) is 0. The zero-order valence-electron chi connectivity index (χ0n) is 9.88. The first kappa shape index (κ1) is 13.7. The summed E-state index contributed by atoms with van der Waals surface area (Å²) in [6.07, 6.45) is 0. The summed E-state index contributed by atoms with van der Waals surface area (Å²) in [6, 6.07) is 0. The van der Waals surface area contributed by atoms with E-state index in [1.54, 1.807) is 14.0 Å². The molecule has 1 saturated heterocycles. The predicted molar refractivity (Wildman–Crippen MR) is 68.3 cm³/mol. The Balaban J connectivity index is 2.32. The zero-order valence-corrected chi connectivity index (χ0v) is 12.3. The second-order valence-electron chi connectivity index (χ2n) is 3.99. The fourth-order valence-electron chi connectivity index (χ4n) is 1.65. The summed E-state index contributed by atoms with van der Waals surface area (Å²) >= 11 is 6.63. The highest BCUT2D eigenvalue weighted by atomic mass is 35.5. The van der Waals surface area contributed by atoms with Crippen LogP contribution >= 0.6 is 22.9 Å². The lowest BCUT2D eigenvalue weighted by Gasteiger charge is -2.30. The second-order valence-corrected chi connectivity index (χ2v) is 7.71. The van der Waals surface area contributed by atoms with E-state index in [9.17, 15) is 13.2 Å². The van der Waals surface area contributed by atoms with Gasteiger partial charge in [-0.25, -0.2) is 13.4 Å². The summed E-state index contributed by atoms with van der Waals surface area (Å²) in [7, 11) is -2.02. The van der Waals surface area contributed by atoms with E-state index in [-0.39, 0.29) is 21.1 Å². The van der Waals surface area contributed by atoms with Crippen LogP contribution in [-0.2, 0) is 14.8 Å². The number of halogens is 1. The zero-order chi connectivity index (χ0) is 13.5. The quantitative estimate of drug-likeness (QED) is 0.801. The summed E-state index contributed by atoms with van der Waals surface area (Å²) in [5.74, 6) is -0.210. The molecule has 0 aliphatic carbocycles. The minimum Gasteiger partial charge on any atom is -0.343 e. The molecule has 0 atom stereocenters. The van der Waals surface area contributed by atoms with Gasteiger partial charge < -0.3 is 4.90 Å². The van der Waals surface area contributed by atoms with Crippen molar-refractivity contribution in [3.63, 3.8) is 0 Å². The molecule has 1 amide bonds. The lowest BCUT2D eigenvalue weighted by molar-refractivity contribution is -0.132. The molecule has 9 heteroatoms. The van der Waals surface area contributed by atoms with Crippen molar-refractivity contribution in [3.05, 3.63) is 10.2 Å². The van der Waals surface area contributed by atoms with Crippen LogP contribution in [0.3, 0.4) is 0 Å². The van der Waals surface area contributed by atoms with Crippen molar-refractivity contribution in [3.8, 4) is 0 Å². The van der Waals surface area contributed by atoms with E-state index in [1.807, 2.05) is 0 Å². The molecule has 0 aromatic carbocycles. The highest BCUT2D eigenvalue weighted by molar-refractivity contribution is 7.91. The average molecular weight is 310 g/mol. The third-order valence-corrected chi connectivity index (χ3v) is 6.42. The monoisotopic (exact) mass is 309 g/mol. The Morgan fingerprint density at radius 2 is 2.06 bits per heavy atom. The fraction of sp³-hybridized carbons (Fsp3) is 0.556. The molecule has 1 aliphatic rings. The molecule has 6 nitrogen and oxygen atoms in total. The van der Waals surface area contributed by atoms with Crippen molar-refractivity contribution in [1.29, 1.82) is 0 Å². The van der Waals surface area contributed by atoms with Gasteiger partial charge in [-0.05, 0) is 6.92 Å². The van der Waals surface area contributed by atoms with E-state index in [0.29, 0.717) is 18.8 Å². The molecule has 1 fully saturated rings. The fourth-order valence-corrected chi connectivity index (χ4v) is 4.90. The van der Waals surface area contributed by atoms with Gasteiger partial charge in [0.2, 0.25) is 5.91 Å². The number of nitrogens with zero attached hydrogens (tertiary/aromatic N) is 3. The standard InChI is InChI=1S/C9H12ClN3O3S2/c1-6-8(17-9(10)11-6)18(15,16)13-4-3-12(2)7(14)5-13/h3-5H2,1-2H3. The predicted octanol–water partition coefficient (Wildman–Crippen LogP) is 0.568. The van der Waals surface area contributed by atoms with Crippen molar-refractivity contribution in [2.45, 2.75) is 11.1 Å². The van der Waals surface area contributed by atoms with Crippen LogP contribution < -0.4 is 0 Å². The topological polar surface area (TPSA) is 70.6 Å². The number of hydrogen-bond acceptors (Lipinski definition) is 5. The number of carbonyl (C=O) groups excluding carboxylic acids is 1. The molecule has 1 aromatic heterocycles. The smallest absolute Gasteiger partial charge is 0.255 e. The van der Waals surface area contributed by atoms with Crippen molar-refractivity contribution in [2.75, 3.05) is 26.7 Å². The molecule has 2 heterocycles. The normalized spacial score (nSPS) is 18.4. The number of carbonyl (C=O) groups is 1. The Morgan fingerprint density at radius 1 is 1.39 bits per heavy atom. The van der Waals surface area contributed by atoms with Gasteiger partial charge in [0, 0.05) is 20.1 Å². The van der Waals surface area contributed by atoms with E-state index < -0.39 is 10.0 Å². The molecule has 0 unspecified atom stereocenters. The molecule has 18 heavy (non-hydrogen) atoms. The third-order valence-electron chi connectivity index (χ3n) is 2.72. The lowest BCUT2D eigenvalue weighted by atomic mass is 10.4. The van der Waals surface area contributed by atoms with E-state index in [2.05, 4.69) is 4.98 Å². The third kappa shape index (κ3) is 2.37. The number of aromatic nitrogens is 1. The molecular weight excluding hydrogens is 298 g/mol. The number of aryl methyl sites for hydroxylation is 1. The molecule has 0 bridgehead atoms. The maximum absolute atomic E-state index is 12.3. The van der Waals surface area contributed by atoms with Gasteiger partial charge in [-0.2, -0.15) is 4.31 Å². The number of thiazole rings is 1. The van der Waals surface area contributed by atoms with Crippen LogP contribution in [0.15, 0.2) is 4.21 Å². The number of amides is 1. The number of likely N-dealkylation sites (N-methyl/N-ethyl adjacent to an activating group) is 1.